The van der Waals surface area contributed by atoms with E-state index in [0.717, 1.165) is 29.2 Å². The molecule has 152 valence electrons. The van der Waals surface area contributed by atoms with Gasteiger partial charge in [-0.15, -0.1) is 0 Å². The molecule has 3 aromatic carbocycles. The number of Topliss-reactive ketones (excluding diaryl/α,β-unsaturated/α-hetero) is 1. The van der Waals surface area contributed by atoms with Crippen molar-refractivity contribution in [3.05, 3.63) is 89.0 Å². The second kappa shape index (κ2) is 8.15. The Morgan fingerprint density at radius 1 is 0.933 bits per heavy atom. The highest BCUT2D eigenvalue weighted by Gasteiger charge is 2.45. The van der Waals surface area contributed by atoms with Gasteiger partial charge in [-0.2, -0.15) is 0 Å². The summed E-state index contributed by atoms with van der Waals surface area (Å²) in [7, 11) is 0. The lowest BCUT2D eigenvalue weighted by Gasteiger charge is -2.25. The zero-order valence-corrected chi connectivity index (χ0v) is 17.3. The number of carbonyl (C=O) groups excluding carboxylic acids is 2. The molecule has 3 aromatic rings. The van der Waals surface area contributed by atoms with Crippen molar-refractivity contribution in [1.82, 2.24) is 4.90 Å². The Balaban J connectivity index is 1.87. The molecule has 1 amide bonds. The minimum Gasteiger partial charge on any atom is -0.507 e. The minimum absolute atomic E-state index is 0.123. The molecule has 1 unspecified atom stereocenters. The topological polar surface area (TPSA) is 57.6 Å². The summed E-state index contributed by atoms with van der Waals surface area (Å²) >= 11 is 0. The maximum absolute atomic E-state index is 13.0. The molecule has 1 atom stereocenters. The van der Waals surface area contributed by atoms with Gasteiger partial charge in [0.05, 0.1) is 11.6 Å². The molecule has 0 saturated carbocycles. The largest absolute Gasteiger partial charge is 0.507 e. The number of hydrogen-bond donors (Lipinski definition) is 1. The number of amides is 1. The summed E-state index contributed by atoms with van der Waals surface area (Å²) in [6, 6.07) is 20.8. The average Bonchev–Trinajstić information content (AvgIpc) is 3.03. The van der Waals surface area contributed by atoms with Crippen LogP contribution in [0.15, 0.2) is 72.3 Å². The van der Waals surface area contributed by atoms with Crippen LogP contribution in [0.5, 0.6) is 0 Å². The lowest BCUT2D eigenvalue weighted by molar-refractivity contribution is -0.139. The highest BCUT2D eigenvalue weighted by atomic mass is 16.3. The molecule has 1 fully saturated rings. The zero-order valence-electron chi connectivity index (χ0n) is 17.3. The molecule has 4 heteroatoms. The van der Waals surface area contributed by atoms with Crippen molar-refractivity contribution in [3.63, 3.8) is 0 Å². The number of benzene rings is 3. The van der Waals surface area contributed by atoms with Gasteiger partial charge in [0.1, 0.15) is 5.76 Å². The number of ketones is 1. The van der Waals surface area contributed by atoms with Gasteiger partial charge in [0.25, 0.3) is 11.7 Å². The van der Waals surface area contributed by atoms with Crippen LogP contribution in [-0.2, 0) is 16.0 Å². The molecule has 4 nitrogen and oxygen atoms in total. The number of carbonyl (C=O) groups is 2. The van der Waals surface area contributed by atoms with Gasteiger partial charge in [-0.1, -0.05) is 74.5 Å². The fourth-order valence-electron chi connectivity index (χ4n) is 4.13. The second-order valence-corrected chi connectivity index (χ2v) is 7.65. The molecular formula is C26H25NO3. The van der Waals surface area contributed by atoms with E-state index in [1.54, 1.807) is 11.0 Å². The molecule has 1 heterocycles. The minimum atomic E-state index is -0.626. The molecule has 1 saturated heterocycles. The zero-order chi connectivity index (χ0) is 21.3. The van der Waals surface area contributed by atoms with Crippen LogP contribution in [-0.4, -0.2) is 28.2 Å². The summed E-state index contributed by atoms with van der Waals surface area (Å²) in [5.41, 5.74) is 2.72. The normalized spacial score (nSPS) is 18.3. The van der Waals surface area contributed by atoms with Crippen LogP contribution in [0.3, 0.4) is 0 Å². The number of aryl methyl sites for hydroxylation is 1. The van der Waals surface area contributed by atoms with E-state index in [0.29, 0.717) is 12.1 Å². The predicted molar refractivity (Wildman–Crippen MR) is 119 cm³/mol. The Kier molecular flexibility index (Phi) is 5.40. The third kappa shape index (κ3) is 3.39. The van der Waals surface area contributed by atoms with Gasteiger partial charge in [-0.05, 0) is 40.8 Å². The molecule has 0 radical (unpaired) electrons. The smallest absolute Gasteiger partial charge is 0.295 e. The fraction of sp³-hybridized carbons (Fsp3) is 0.231. The fourth-order valence-corrected chi connectivity index (χ4v) is 4.13. The highest BCUT2D eigenvalue weighted by Crippen LogP contribution is 2.39. The van der Waals surface area contributed by atoms with Crippen molar-refractivity contribution in [2.24, 2.45) is 0 Å². The van der Waals surface area contributed by atoms with Gasteiger partial charge in [-0.25, -0.2) is 0 Å². The van der Waals surface area contributed by atoms with E-state index in [-0.39, 0.29) is 11.3 Å². The lowest BCUT2D eigenvalue weighted by Crippen LogP contribution is -2.30. The van der Waals surface area contributed by atoms with Crippen LogP contribution in [0.2, 0.25) is 0 Å². The van der Waals surface area contributed by atoms with Gasteiger partial charge in [-0.3, -0.25) is 9.59 Å². The summed E-state index contributed by atoms with van der Waals surface area (Å²) in [5.74, 6) is -1.30. The van der Waals surface area contributed by atoms with Crippen molar-refractivity contribution < 1.29 is 14.7 Å². The molecule has 30 heavy (non-hydrogen) atoms. The Hall–Kier alpha value is -3.40. The number of nitrogens with zero attached hydrogens (tertiary/aromatic N) is 1. The first-order valence-electron chi connectivity index (χ1n) is 10.4. The van der Waals surface area contributed by atoms with E-state index in [9.17, 15) is 14.7 Å². The predicted octanol–water partition coefficient (Wildman–Crippen LogP) is 5.23. The molecule has 0 aromatic heterocycles. The SMILES string of the molecule is CCCN1C(=O)C(=O)/C(=C(\O)c2ccc3ccccc3c2)C1c1ccc(CC)cc1. The third-order valence-corrected chi connectivity index (χ3v) is 5.73. The van der Waals surface area contributed by atoms with E-state index < -0.39 is 17.7 Å². The number of fused-ring (bicyclic) bond motifs is 1. The molecular weight excluding hydrogens is 374 g/mol. The second-order valence-electron chi connectivity index (χ2n) is 7.65. The van der Waals surface area contributed by atoms with Crippen LogP contribution in [0, 0.1) is 0 Å². The lowest BCUT2D eigenvalue weighted by atomic mass is 9.93. The Morgan fingerprint density at radius 2 is 1.63 bits per heavy atom. The molecule has 1 N–H and O–H groups in total. The Bertz CT molecular complexity index is 1140. The molecule has 0 spiro atoms. The van der Waals surface area contributed by atoms with Crippen LogP contribution in [0.25, 0.3) is 16.5 Å². The van der Waals surface area contributed by atoms with Gasteiger partial charge >= 0.3 is 0 Å². The van der Waals surface area contributed by atoms with E-state index in [1.807, 2.05) is 67.6 Å². The summed E-state index contributed by atoms with van der Waals surface area (Å²) in [6.45, 7) is 4.51. The van der Waals surface area contributed by atoms with E-state index in [1.165, 1.54) is 5.56 Å². The van der Waals surface area contributed by atoms with Crippen molar-refractivity contribution in [2.45, 2.75) is 32.7 Å². The number of hydrogen-bond acceptors (Lipinski definition) is 3. The van der Waals surface area contributed by atoms with Gasteiger partial charge in [0.15, 0.2) is 0 Å². The molecule has 1 aliphatic heterocycles. The van der Waals surface area contributed by atoms with Crippen LogP contribution < -0.4 is 0 Å². The maximum atomic E-state index is 13.0. The van der Waals surface area contributed by atoms with Crippen molar-refractivity contribution >= 4 is 28.2 Å². The van der Waals surface area contributed by atoms with Gasteiger partial charge in [0, 0.05) is 12.1 Å². The van der Waals surface area contributed by atoms with Crippen LogP contribution in [0.4, 0.5) is 0 Å². The van der Waals surface area contributed by atoms with Gasteiger partial charge < -0.3 is 10.0 Å². The first-order chi connectivity index (χ1) is 14.5. The quantitative estimate of drug-likeness (QED) is 0.363. The first kappa shape index (κ1) is 19.9. The molecule has 1 aliphatic rings. The monoisotopic (exact) mass is 399 g/mol. The van der Waals surface area contributed by atoms with Crippen molar-refractivity contribution in [3.8, 4) is 0 Å². The van der Waals surface area contributed by atoms with Gasteiger partial charge in [0.2, 0.25) is 0 Å². The number of aliphatic hydroxyl groups is 1. The van der Waals surface area contributed by atoms with E-state index in [2.05, 4.69) is 6.92 Å². The average molecular weight is 399 g/mol. The third-order valence-electron chi connectivity index (χ3n) is 5.73. The van der Waals surface area contributed by atoms with E-state index >= 15 is 0 Å². The van der Waals surface area contributed by atoms with Crippen LogP contribution in [0.1, 0.15) is 43.0 Å². The molecule has 4 rings (SSSR count). The number of likely N-dealkylation sites (tertiary alicyclic amines) is 1. The number of rotatable bonds is 5. The standard InChI is InChI=1S/C26H25NO3/c1-3-15-27-23(19-11-9-17(4-2)10-12-19)22(25(29)26(27)30)24(28)21-14-13-18-7-5-6-8-20(18)16-21/h5-14,16,23,28H,3-4,15H2,1-2H3/b24-22-. The van der Waals surface area contributed by atoms with Crippen molar-refractivity contribution in [2.75, 3.05) is 6.54 Å². The van der Waals surface area contributed by atoms with Crippen molar-refractivity contribution in [1.29, 1.82) is 0 Å². The van der Waals surface area contributed by atoms with Crippen LogP contribution >= 0.6 is 0 Å². The first-order valence-corrected chi connectivity index (χ1v) is 10.4. The highest BCUT2D eigenvalue weighted by molar-refractivity contribution is 6.46. The maximum Gasteiger partial charge on any atom is 0.295 e. The Morgan fingerprint density at radius 3 is 2.30 bits per heavy atom. The summed E-state index contributed by atoms with van der Waals surface area (Å²) in [6.07, 6.45) is 1.64. The summed E-state index contributed by atoms with van der Waals surface area (Å²) in [4.78, 5) is 27.3. The molecule has 0 aliphatic carbocycles. The summed E-state index contributed by atoms with van der Waals surface area (Å²) in [5, 5.41) is 13.2. The Labute approximate surface area is 176 Å². The summed E-state index contributed by atoms with van der Waals surface area (Å²) < 4.78 is 0. The molecule has 0 bridgehead atoms. The number of aliphatic hydroxyl groups excluding tert-OH is 1. The van der Waals surface area contributed by atoms with E-state index in [4.69, 9.17) is 0 Å².